The normalized spacial score (nSPS) is 12.1. The van der Waals surface area contributed by atoms with Crippen LogP contribution in [-0.2, 0) is 19.1 Å². The van der Waals surface area contributed by atoms with Crippen molar-refractivity contribution in [3.8, 4) is 45.6 Å². The SMILES string of the molecule is CCOC(=O)C(C)Oc1c(Cl)ccc(P(c2cc(C)c(OC)c(C)c2)c2cc(C)c(OC)c(C)c2)c1-c1c(P(c2cc(C)c(OC)c(C)c2)c2cc(C)c(OC)c(C)c2)ccc(Cl)c1OC(C)C(=O)OCC. The molecule has 10 nitrogen and oxygen atoms in total. The fraction of sp³-hybridized carbons (Fsp3) is 0.345. The summed E-state index contributed by atoms with van der Waals surface area (Å²) in [6.07, 6.45) is -2.24. The highest BCUT2D eigenvalue weighted by Crippen LogP contribution is 2.52. The van der Waals surface area contributed by atoms with E-state index in [1.807, 2.05) is 67.5 Å². The van der Waals surface area contributed by atoms with Gasteiger partial charge >= 0.3 is 11.9 Å². The first-order chi connectivity index (χ1) is 34.2. The smallest absolute Gasteiger partial charge is 0.347 e. The number of esters is 2. The fourth-order valence-electron chi connectivity index (χ4n) is 9.52. The third-order valence-electron chi connectivity index (χ3n) is 12.4. The van der Waals surface area contributed by atoms with Crippen molar-refractivity contribution in [1.29, 1.82) is 0 Å². The van der Waals surface area contributed by atoms with Crippen molar-refractivity contribution >= 4 is 82.8 Å². The van der Waals surface area contributed by atoms with Gasteiger partial charge in [-0.1, -0.05) is 35.3 Å². The zero-order valence-corrected chi connectivity index (χ0v) is 47.5. The van der Waals surface area contributed by atoms with E-state index in [-0.39, 0.29) is 34.8 Å². The molecule has 0 saturated heterocycles. The average molecular weight is 1060 g/mol. The molecule has 0 heterocycles. The summed E-state index contributed by atoms with van der Waals surface area (Å²) in [6.45, 7) is 23.3. The minimum absolute atomic E-state index is 0.138. The Morgan fingerprint density at radius 2 is 0.667 bits per heavy atom. The molecule has 0 fully saturated rings. The Balaban J connectivity index is 1.93. The van der Waals surface area contributed by atoms with E-state index in [1.54, 1.807) is 68.3 Å². The third-order valence-corrected chi connectivity index (χ3v) is 17.8. The number of carbonyl (C=O) groups is 2. The van der Waals surface area contributed by atoms with E-state index in [4.69, 9.17) is 61.1 Å². The summed E-state index contributed by atoms with van der Waals surface area (Å²) in [5, 5.41) is 6.01. The molecule has 0 radical (unpaired) electrons. The molecule has 0 aliphatic heterocycles. The molecule has 14 heteroatoms. The maximum Gasteiger partial charge on any atom is 0.347 e. The number of rotatable bonds is 19. The van der Waals surface area contributed by atoms with Crippen LogP contribution in [0.4, 0.5) is 0 Å². The van der Waals surface area contributed by atoms with Gasteiger partial charge < -0.3 is 37.9 Å². The molecule has 0 spiro atoms. The number of hydrogen-bond donors (Lipinski definition) is 0. The maximum absolute atomic E-state index is 13.7. The number of ether oxygens (including phenoxy) is 8. The van der Waals surface area contributed by atoms with E-state index in [0.29, 0.717) is 11.1 Å². The lowest BCUT2D eigenvalue weighted by Gasteiger charge is -2.31. The molecule has 72 heavy (non-hydrogen) atoms. The lowest BCUT2D eigenvalue weighted by molar-refractivity contribution is -0.151. The zero-order valence-electron chi connectivity index (χ0n) is 44.2. The molecular formula is C58H66Cl2O10P2. The van der Waals surface area contributed by atoms with Crippen LogP contribution in [0.25, 0.3) is 11.1 Å². The predicted molar refractivity (Wildman–Crippen MR) is 297 cm³/mol. The number of benzene rings is 6. The summed E-state index contributed by atoms with van der Waals surface area (Å²) in [4.78, 5) is 27.4. The fourth-order valence-corrected chi connectivity index (χ4v) is 15.5. The molecule has 0 bridgehead atoms. The Morgan fingerprint density at radius 3 is 0.875 bits per heavy atom. The highest BCUT2D eigenvalue weighted by molar-refractivity contribution is 7.80. The number of hydrogen-bond acceptors (Lipinski definition) is 10. The van der Waals surface area contributed by atoms with Crippen LogP contribution < -0.4 is 60.2 Å². The Kier molecular flexibility index (Phi) is 18.6. The molecule has 0 aromatic heterocycles. The predicted octanol–water partition coefficient (Wildman–Crippen LogP) is 11.3. The monoisotopic (exact) mass is 1050 g/mol. The molecular weight excluding hydrogens is 989 g/mol. The van der Waals surface area contributed by atoms with Gasteiger partial charge in [-0.15, -0.1) is 0 Å². The topological polar surface area (TPSA) is 108 Å². The van der Waals surface area contributed by atoms with E-state index < -0.39 is 40.0 Å². The van der Waals surface area contributed by atoms with Gasteiger partial charge in [-0.3, -0.25) is 0 Å². The summed E-state index contributed by atoms with van der Waals surface area (Å²) < 4.78 is 48.5. The minimum atomic E-state index is -1.58. The Labute approximate surface area is 438 Å². The average Bonchev–Trinajstić information content (AvgIpc) is 3.31. The van der Waals surface area contributed by atoms with Gasteiger partial charge in [-0.05, 0) is 236 Å². The molecule has 0 aliphatic rings. The molecule has 2 atom stereocenters. The van der Waals surface area contributed by atoms with Crippen molar-refractivity contribution in [3.05, 3.63) is 127 Å². The largest absolute Gasteiger partial charge is 0.496 e. The first-order valence-corrected chi connectivity index (χ1v) is 27.2. The molecule has 0 amide bonds. The van der Waals surface area contributed by atoms with E-state index in [2.05, 4.69) is 48.5 Å². The van der Waals surface area contributed by atoms with Gasteiger partial charge in [0.05, 0.1) is 51.7 Å². The number of carbonyl (C=O) groups excluding carboxylic acids is 2. The summed E-state index contributed by atoms with van der Waals surface area (Å²) >= 11 is 15.0. The summed E-state index contributed by atoms with van der Waals surface area (Å²) in [6, 6.07) is 24.9. The van der Waals surface area contributed by atoms with Gasteiger partial charge in [0.15, 0.2) is 12.2 Å². The third kappa shape index (κ3) is 11.5. The van der Waals surface area contributed by atoms with Gasteiger partial charge in [0.25, 0.3) is 0 Å². The van der Waals surface area contributed by atoms with Gasteiger partial charge in [0, 0.05) is 11.1 Å². The van der Waals surface area contributed by atoms with Crippen LogP contribution in [0.15, 0.2) is 72.8 Å². The summed E-state index contributed by atoms with van der Waals surface area (Å²) in [5.41, 5.74) is 8.58. The van der Waals surface area contributed by atoms with Gasteiger partial charge in [0.2, 0.25) is 0 Å². The van der Waals surface area contributed by atoms with Crippen molar-refractivity contribution < 1.29 is 47.5 Å². The van der Waals surface area contributed by atoms with Crippen molar-refractivity contribution in [2.24, 2.45) is 0 Å². The standard InChI is InChI=1S/C58H66Cl2O10P2/c1-17-67-57(61)39(11)69-55-45(59)19-21-47(71(41-23-31(3)51(63-13)32(4)24-41)42-25-33(5)52(64-14)34(6)26-42)49(55)50-48(22-20-46(60)56(50)70-40(12)58(62)68-18-2)72(43-27-35(7)53(65-15)36(8)28-43)44-29-37(9)54(66-16)38(10)30-44/h19-30,39-40H,17-18H2,1-16H3. The summed E-state index contributed by atoms with van der Waals surface area (Å²) in [7, 11) is 3.54. The Morgan fingerprint density at radius 1 is 0.431 bits per heavy atom. The Bertz CT molecular complexity index is 2600. The molecule has 2 unspecified atom stereocenters. The second-order valence-corrected chi connectivity index (χ2v) is 22.9. The minimum Gasteiger partial charge on any atom is -0.496 e. The van der Waals surface area contributed by atoms with Crippen molar-refractivity contribution in [3.63, 3.8) is 0 Å². The first-order valence-electron chi connectivity index (χ1n) is 23.8. The number of methoxy groups -OCH3 is 4. The van der Waals surface area contributed by atoms with Gasteiger partial charge in [-0.2, -0.15) is 0 Å². The van der Waals surface area contributed by atoms with Crippen LogP contribution in [0.3, 0.4) is 0 Å². The lowest BCUT2D eigenvalue weighted by Crippen LogP contribution is -2.31. The number of aryl methyl sites for hydroxylation is 8. The van der Waals surface area contributed by atoms with Crippen LogP contribution in [0.2, 0.25) is 10.0 Å². The maximum atomic E-state index is 13.7. The van der Waals surface area contributed by atoms with Gasteiger partial charge in [-0.25, -0.2) is 9.59 Å². The molecule has 0 N–H and O–H groups in total. The first kappa shape index (κ1) is 55.8. The van der Waals surface area contributed by atoms with E-state index >= 15 is 0 Å². The van der Waals surface area contributed by atoms with Crippen molar-refractivity contribution in [1.82, 2.24) is 0 Å². The molecule has 6 aromatic rings. The molecule has 6 aromatic carbocycles. The van der Waals surface area contributed by atoms with Crippen molar-refractivity contribution in [2.75, 3.05) is 41.7 Å². The molecule has 0 saturated carbocycles. The highest BCUT2D eigenvalue weighted by atomic mass is 35.5. The molecule has 382 valence electrons. The highest BCUT2D eigenvalue weighted by Gasteiger charge is 2.36. The van der Waals surface area contributed by atoms with Crippen LogP contribution in [-0.4, -0.2) is 65.8 Å². The second-order valence-electron chi connectivity index (χ2n) is 17.7. The second kappa shape index (κ2) is 24.0. The zero-order chi connectivity index (χ0) is 52.9. The van der Waals surface area contributed by atoms with Gasteiger partial charge in [0.1, 0.15) is 34.5 Å². The van der Waals surface area contributed by atoms with Crippen LogP contribution in [0, 0.1) is 55.4 Å². The van der Waals surface area contributed by atoms with Crippen LogP contribution in [0.1, 0.15) is 72.2 Å². The lowest BCUT2D eigenvalue weighted by atomic mass is 10.0. The summed E-state index contributed by atoms with van der Waals surface area (Å²) in [5.74, 6) is 2.35. The number of halogens is 2. The van der Waals surface area contributed by atoms with Crippen LogP contribution >= 0.6 is 39.0 Å². The van der Waals surface area contributed by atoms with E-state index in [0.717, 1.165) is 99.3 Å². The van der Waals surface area contributed by atoms with Crippen molar-refractivity contribution in [2.45, 2.75) is 95.3 Å². The molecule has 0 aliphatic carbocycles. The van der Waals surface area contributed by atoms with E-state index in [9.17, 15) is 9.59 Å². The quantitative estimate of drug-likeness (QED) is 0.0575. The van der Waals surface area contributed by atoms with Crippen LogP contribution in [0.5, 0.6) is 34.5 Å². The van der Waals surface area contributed by atoms with E-state index in [1.165, 1.54) is 0 Å². The Hall–Kier alpha value is -5.50. The molecule has 6 rings (SSSR count).